The summed E-state index contributed by atoms with van der Waals surface area (Å²) in [4.78, 5) is 2.29. The highest BCUT2D eigenvalue weighted by molar-refractivity contribution is 7.71. The van der Waals surface area contributed by atoms with Gasteiger partial charge in [-0.2, -0.15) is 0 Å². The van der Waals surface area contributed by atoms with Gasteiger partial charge in [0.25, 0.3) is 0 Å². The van der Waals surface area contributed by atoms with Gasteiger partial charge < -0.3 is 4.90 Å². The molecule has 5 heteroatoms. The molecule has 18 heavy (non-hydrogen) atoms. The second-order valence-corrected chi connectivity index (χ2v) is 6.20. The quantitative estimate of drug-likeness (QED) is 0.850. The summed E-state index contributed by atoms with van der Waals surface area (Å²) in [5, 5.41) is 7.36. The first kappa shape index (κ1) is 12.2. The Labute approximate surface area is 113 Å². The highest BCUT2D eigenvalue weighted by Crippen LogP contribution is 2.38. The van der Waals surface area contributed by atoms with E-state index >= 15 is 0 Å². The molecular formula is C13H22N4S. The molecular weight excluding hydrogens is 244 g/mol. The molecule has 0 aromatic carbocycles. The Balaban J connectivity index is 1.71. The van der Waals surface area contributed by atoms with Gasteiger partial charge in [0.1, 0.15) is 0 Å². The molecule has 0 radical (unpaired) electrons. The first-order valence-corrected chi connectivity index (χ1v) is 7.54. The van der Waals surface area contributed by atoms with Crippen molar-refractivity contribution in [3.05, 3.63) is 4.77 Å². The molecule has 4 nitrogen and oxygen atoms in total. The normalized spacial score (nSPS) is 21.2. The lowest BCUT2D eigenvalue weighted by Crippen LogP contribution is -2.29. The maximum Gasteiger partial charge on any atom is 0.225 e. The lowest BCUT2D eigenvalue weighted by molar-refractivity contribution is 0.360. The molecule has 1 aromatic rings. The number of aromatic nitrogens is 3. The highest BCUT2D eigenvalue weighted by Gasteiger charge is 2.29. The maximum atomic E-state index is 5.33. The molecule has 0 unspecified atom stereocenters. The number of hydrogen-bond donors (Lipinski definition) is 1. The first-order valence-electron chi connectivity index (χ1n) is 7.14. The molecule has 0 saturated heterocycles. The van der Waals surface area contributed by atoms with Crippen molar-refractivity contribution in [3.8, 4) is 0 Å². The summed E-state index contributed by atoms with van der Waals surface area (Å²) >= 11 is 5.33. The van der Waals surface area contributed by atoms with Crippen LogP contribution in [0.4, 0.5) is 5.95 Å². The van der Waals surface area contributed by atoms with Crippen LogP contribution in [-0.4, -0.2) is 28.4 Å². The molecule has 2 aliphatic rings. The van der Waals surface area contributed by atoms with Gasteiger partial charge in [0, 0.05) is 19.6 Å². The number of H-pyrrole nitrogens is 1. The van der Waals surface area contributed by atoms with Crippen LogP contribution in [0, 0.1) is 10.7 Å². The number of aromatic amines is 1. The van der Waals surface area contributed by atoms with Crippen LogP contribution in [-0.2, 0) is 0 Å². The topological polar surface area (TPSA) is 36.9 Å². The number of anilines is 1. The maximum absolute atomic E-state index is 5.33. The number of rotatable bonds is 4. The molecule has 0 spiro atoms. The van der Waals surface area contributed by atoms with Gasteiger partial charge in [0.2, 0.25) is 5.95 Å². The van der Waals surface area contributed by atoms with Crippen molar-refractivity contribution < 1.29 is 0 Å². The van der Waals surface area contributed by atoms with Crippen LogP contribution in [0.2, 0.25) is 0 Å². The molecule has 1 aromatic heterocycles. The van der Waals surface area contributed by atoms with E-state index in [2.05, 4.69) is 26.7 Å². The molecule has 2 fully saturated rings. The van der Waals surface area contributed by atoms with Gasteiger partial charge in [-0.1, -0.05) is 19.3 Å². The zero-order valence-corrected chi connectivity index (χ0v) is 11.9. The predicted octanol–water partition coefficient (Wildman–Crippen LogP) is 3.29. The number of nitrogens with zero attached hydrogens (tertiary/aromatic N) is 3. The van der Waals surface area contributed by atoms with Gasteiger partial charge in [-0.05, 0) is 43.8 Å². The van der Waals surface area contributed by atoms with Crippen LogP contribution < -0.4 is 4.90 Å². The van der Waals surface area contributed by atoms with E-state index < -0.39 is 0 Å². The van der Waals surface area contributed by atoms with Crippen molar-refractivity contribution in [1.29, 1.82) is 0 Å². The zero-order chi connectivity index (χ0) is 12.5. The van der Waals surface area contributed by atoms with E-state index in [-0.39, 0.29) is 0 Å². The van der Waals surface area contributed by atoms with Gasteiger partial charge >= 0.3 is 0 Å². The van der Waals surface area contributed by atoms with E-state index in [9.17, 15) is 0 Å². The van der Waals surface area contributed by atoms with Gasteiger partial charge in [-0.3, -0.25) is 4.57 Å². The van der Waals surface area contributed by atoms with E-state index in [1.807, 2.05) is 0 Å². The summed E-state index contributed by atoms with van der Waals surface area (Å²) in [6, 6.07) is 0.597. The molecule has 0 amide bonds. The van der Waals surface area contributed by atoms with Crippen LogP contribution in [0.15, 0.2) is 0 Å². The van der Waals surface area contributed by atoms with Gasteiger partial charge in [0.15, 0.2) is 4.77 Å². The van der Waals surface area contributed by atoms with E-state index in [4.69, 9.17) is 12.2 Å². The lowest BCUT2D eigenvalue weighted by Gasteiger charge is -2.27. The fraction of sp³-hybridized carbons (Fsp3) is 0.846. The third-order valence-corrected chi connectivity index (χ3v) is 4.48. The van der Waals surface area contributed by atoms with E-state index in [0.29, 0.717) is 6.04 Å². The van der Waals surface area contributed by atoms with Gasteiger partial charge in [-0.15, -0.1) is 5.10 Å². The monoisotopic (exact) mass is 266 g/mol. The highest BCUT2D eigenvalue weighted by atomic mass is 32.1. The largest absolute Gasteiger partial charge is 0.344 e. The Morgan fingerprint density at radius 1 is 1.28 bits per heavy atom. The van der Waals surface area contributed by atoms with Crippen molar-refractivity contribution in [2.45, 2.75) is 51.0 Å². The van der Waals surface area contributed by atoms with Crippen molar-refractivity contribution in [2.24, 2.45) is 5.92 Å². The van der Waals surface area contributed by atoms with Crippen LogP contribution >= 0.6 is 12.2 Å². The lowest BCUT2D eigenvalue weighted by atomic mass is 9.89. The molecule has 3 rings (SSSR count). The fourth-order valence-corrected chi connectivity index (χ4v) is 3.34. The van der Waals surface area contributed by atoms with Crippen molar-refractivity contribution in [3.63, 3.8) is 0 Å². The molecule has 0 bridgehead atoms. The minimum atomic E-state index is 0.597. The second kappa shape index (κ2) is 5.03. The Bertz CT molecular complexity index is 454. The molecule has 1 heterocycles. The van der Waals surface area contributed by atoms with Crippen LogP contribution in [0.3, 0.4) is 0 Å². The molecule has 2 aliphatic carbocycles. The molecule has 0 aliphatic heterocycles. The third kappa shape index (κ3) is 2.46. The molecule has 0 atom stereocenters. The van der Waals surface area contributed by atoms with Gasteiger partial charge in [0.05, 0.1) is 0 Å². The summed E-state index contributed by atoms with van der Waals surface area (Å²) in [6.45, 7) is 1.12. The molecule has 100 valence electrons. The Hall–Kier alpha value is -0.840. The fourth-order valence-electron chi connectivity index (χ4n) is 3.07. The van der Waals surface area contributed by atoms with Crippen molar-refractivity contribution >= 4 is 18.2 Å². The predicted molar refractivity (Wildman–Crippen MR) is 75.5 cm³/mol. The average Bonchev–Trinajstić information content (AvgIpc) is 3.13. The first-order chi connectivity index (χ1) is 8.75. The summed E-state index contributed by atoms with van der Waals surface area (Å²) in [5.74, 6) is 1.87. The standard InChI is InChI=1S/C13H22N4S/c1-16(9-10-5-3-2-4-6-10)12-14-15-13(18)17(12)11-7-8-11/h10-11H,2-9H2,1H3,(H,15,18). The van der Waals surface area contributed by atoms with E-state index in [1.54, 1.807) is 0 Å². The minimum Gasteiger partial charge on any atom is -0.344 e. The Morgan fingerprint density at radius 3 is 2.67 bits per heavy atom. The van der Waals surface area contributed by atoms with E-state index in [1.165, 1.54) is 44.9 Å². The van der Waals surface area contributed by atoms with Crippen molar-refractivity contribution in [1.82, 2.24) is 14.8 Å². The Kier molecular flexibility index (Phi) is 3.41. The summed E-state index contributed by atoms with van der Waals surface area (Å²) in [5.41, 5.74) is 0. The van der Waals surface area contributed by atoms with Gasteiger partial charge in [-0.25, -0.2) is 5.10 Å². The molecule has 2 saturated carbocycles. The summed E-state index contributed by atoms with van der Waals surface area (Å²) in [6.07, 6.45) is 9.46. The smallest absolute Gasteiger partial charge is 0.225 e. The molecule has 1 N–H and O–H groups in total. The summed E-state index contributed by atoms with van der Waals surface area (Å²) < 4.78 is 2.99. The van der Waals surface area contributed by atoms with Crippen LogP contribution in [0.1, 0.15) is 51.0 Å². The number of hydrogen-bond acceptors (Lipinski definition) is 3. The van der Waals surface area contributed by atoms with E-state index in [0.717, 1.165) is 23.2 Å². The average molecular weight is 266 g/mol. The van der Waals surface area contributed by atoms with Crippen molar-refractivity contribution in [2.75, 3.05) is 18.5 Å². The zero-order valence-electron chi connectivity index (χ0n) is 11.1. The van der Waals surface area contributed by atoms with Crippen LogP contribution in [0.5, 0.6) is 0 Å². The van der Waals surface area contributed by atoms with Crippen LogP contribution in [0.25, 0.3) is 0 Å². The Morgan fingerprint density at radius 2 is 2.00 bits per heavy atom. The third-order valence-electron chi connectivity index (χ3n) is 4.20. The SMILES string of the molecule is CN(CC1CCCCC1)c1n[nH]c(=S)n1C1CC1. The minimum absolute atomic E-state index is 0.597. The second-order valence-electron chi connectivity index (χ2n) is 5.81. The summed E-state index contributed by atoms with van der Waals surface area (Å²) in [7, 11) is 2.15. The number of nitrogens with one attached hydrogen (secondary N) is 1.